The molecule has 4 heteroatoms. The number of fused-ring (bicyclic) bond motifs is 1. The molecule has 0 radical (unpaired) electrons. The van der Waals surface area contributed by atoms with E-state index in [1.54, 1.807) is 11.3 Å². The van der Waals surface area contributed by atoms with Crippen LogP contribution >= 0.6 is 11.3 Å². The molecule has 0 saturated heterocycles. The first kappa shape index (κ1) is 15.3. The van der Waals surface area contributed by atoms with Gasteiger partial charge in [0.25, 0.3) is 0 Å². The van der Waals surface area contributed by atoms with E-state index in [1.165, 1.54) is 27.3 Å². The molecule has 1 aliphatic carbocycles. The van der Waals surface area contributed by atoms with Crippen molar-refractivity contribution in [2.45, 2.75) is 11.8 Å². The Morgan fingerprint density at radius 2 is 1.85 bits per heavy atom. The van der Waals surface area contributed by atoms with Gasteiger partial charge in [-0.3, -0.25) is 10.1 Å². The Bertz CT molecular complexity index is 1010. The number of H-pyrrole nitrogens is 1. The molecule has 0 saturated carbocycles. The zero-order chi connectivity index (χ0) is 17.4. The van der Waals surface area contributed by atoms with Crippen LogP contribution in [0.2, 0.25) is 0 Å². The monoisotopic (exact) mass is 355 g/mol. The van der Waals surface area contributed by atoms with Crippen LogP contribution in [0.3, 0.4) is 0 Å². The minimum Gasteiger partial charge on any atom is -0.281 e. The summed E-state index contributed by atoms with van der Waals surface area (Å²) in [4.78, 5) is 5.57. The van der Waals surface area contributed by atoms with E-state index in [2.05, 4.69) is 81.2 Å². The predicted octanol–water partition coefficient (Wildman–Crippen LogP) is 5.09. The zero-order valence-electron chi connectivity index (χ0n) is 14.1. The van der Waals surface area contributed by atoms with Crippen LogP contribution in [-0.4, -0.2) is 15.2 Å². The van der Waals surface area contributed by atoms with Gasteiger partial charge in [0.1, 0.15) is 5.69 Å². The van der Waals surface area contributed by atoms with E-state index < -0.39 is 0 Å². The molecule has 1 N–H and O–H groups in total. The van der Waals surface area contributed by atoms with E-state index >= 15 is 0 Å². The second-order valence-corrected chi connectivity index (χ2v) is 7.48. The molecule has 1 aromatic carbocycles. The summed E-state index contributed by atoms with van der Waals surface area (Å²) in [6.07, 6.45) is 9.17. The minimum atomic E-state index is -0.234. The smallest absolute Gasteiger partial charge is 0.109 e. The summed E-state index contributed by atoms with van der Waals surface area (Å²) >= 11 is 1.72. The van der Waals surface area contributed by atoms with Crippen molar-refractivity contribution in [3.05, 3.63) is 101 Å². The summed E-state index contributed by atoms with van der Waals surface area (Å²) in [5, 5.41) is 10.00. The molecule has 0 aliphatic heterocycles. The van der Waals surface area contributed by atoms with Crippen LogP contribution in [0.25, 0.3) is 16.6 Å². The molecule has 126 valence electrons. The molecule has 0 bridgehead atoms. The largest absolute Gasteiger partial charge is 0.281 e. The third kappa shape index (κ3) is 2.34. The number of pyridine rings is 1. The normalized spacial score (nSPS) is 18.6. The minimum absolute atomic E-state index is 0.234. The van der Waals surface area contributed by atoms with Gasteiger partial charge < -0.3 is 0 Å². The molecule has 0 fully saturated rings. The number of aromatic amines is 1. The van der Waals surface area contributed by atoms with Gasteiger partial charge in [-0.15, -0.1) is 11.3 Å². The van der Waals surface area contributed by atoms with Crippen molar-refractivity contribution in [2.75, 3.05) is 0 Å². The Hall–Kier alpha value is -2.98. The van der Waals surface area contributed by atoms with Gasteiger partial charge in [-0.2, -0.15) is 5.10 Å². The van der Waals surface area contributed by atoms with Crippen LogP contribution in [0.4, 0.5) is 0 Å². The Kier molecular flexibility index (Phi) is 3.57. The first-order valence-electron chi connectivity index (χ1n) is 8.63. The van der Waals surface area contributed by atoms with E-state index in [1.807, 2.05) is 18.5 Å². The SMILES string of the molecule is C1=CC(c2ccccc2)(c2cccnc2)Cc2[nH]nc(-c3cccs3)c21. The molecule has 26 heavy (non-hydrogen) atoms. The van der Waals surface area contributed by atoms with E-state index in [0.717, 1.165) is 12.1 Å². The summed E-state index contributed by atoms with van der Waals surface area (Å²) in [7, 11) is 0. The summed E-state index contributed by atoms with van der Waals surface area (Å²) in [6.45, 7) is 0. The number of thiophene rings is 1. The predicted molar refractivity (Wildman–Crippen MR) is 106 cm³/mol. The number of rotatable bonds is 3. The number of nitrogens with one attached hydrogen (secondary N) is 1. The molecule has 1 unspecified atom stereocenters. The lowest BCUT2D eigenvalue weighted by Gasteiger charge is -2.34. The first-order chi connectivity index (χ1) is 12.9. The average molecular weight is 355 g/mol. The Balaban J connectivity index is 1.67. The number of hydrogen-bond acceptors (Lipinski definition) is 3. The van der Waals surface area contributed by atoms with E-state index in [-0.39, 0.29) is 5.41 Å². The van der Waals surface area contributed by atoms with Crippen molar-refractivity contribution in [3.8, 4) is 10.6 Å². The molecule has 1 atom stereocenters. The summed E-state index contributed by atoms with van der Waals surface area (Å²) < 4.78 is 0. The quantitative estimate of drug-likeness (QED) is 0.556. The first-order valence-corrected chi connectivity index (χ1v) is 9.51. The molecule has 5 rings (SSSR count). The highest BCUT2D eigenvalue weighted by Crippen LogP contribution is 2.43. The fraction of sp³-hybridized carbons (Fsp3) is 0.0909. The topological polar surface area (TPSA) is 41.6 Å². The molecule has 3 heterocycles. The van der Waals surface area contributed by atoms with Gasteiger partial charge >= 0.3 is 0 Å². The molecule has 1 aliphatic rings. The average Bonchev–Trinajstić information content (AvgIpc) is 3.38. The molecule has 4 aromatic rings. The van der Waals surface area contributed by atoms with Gasteiger partial charge in [-0.05, 0) is 28.6 Å². The lowest BCUT2D eigenvalue weighted by molar-refractivity contribution is 0.618. The van der Waals surface area contributed by atoms with Crippen molar-refractivity contribution >= 4 is 17.4 Å². The maximum absolute atomic E-state index is 4.61. The summed E-state index contributed by atoms with van der Waals surface area (Å²) in [5.74, 6) is 0. The second kappa shape index (κ2) is 6.07. The summed E-state index contributed by atoms with van der Waals surface area (Å²) in [5.41, 5.74) is 5.63. The maximum atomic E-state index is 4.61. The van der Waals surface area contributed by atoms with Crippen LogP contribution in [0, 0.1) is 0 Å². The molecule has 0 amide bonds. The standard InChI is InChI=1S/C22H17N3S/c1-2-6-16(7-3-1)22(17-8-4-12-23-15-17)11-10-18-19(14-22)24-25-21(18)20-9-5-13-26-20/h1-13,15H,14H2,(H,24,25). The van der Waals surface area contributed by atoms with Crippen molar-refractivity contribution in [2.24, 2.45) is 0 Å². The number of hydrogen-bond donors (Lipinski definition) is 1. The van der Waals surface area contributed by atoms with Gasteiger partial charge in [0.05, 0.1) is 4.88 Å². The Morgan fingerprint density at radius 3 is 2.62 bits per heavy atom. The highest BCUT2D eigenvalue weighted by molar-refractivity contribution is 7.13. The number of allylic oxidation sites excluding steroid dienone is 1. The number of aromatic nitrogens is 3. The van der Waals surface area contributed by atoms with Crippen molar-refractivity contribution in [1.29, 1.82) is 0 Å². The molecular weight excluding hydrogens is 338 g/mol. The third-order valence-electron chi connectivity index (χ3n) is 5.09. The van der Waals surface area contributed by atoms with E-state index in [9.17, 15) is 0 Å². The Labute approximate surface area is 156 Å². The van der Waals surface area contributed by atoms with Crippen molar-refractivity contribution < 1.29 is 0 Å². The van der Waals surface area contributed by atoms with E-state index in [0.29, 0.717) is 0 Å². The molecule has 0 spiro atoms. The molecule has 3 nitrogen and oxygen atoms in total. The number of nitrogens with zero attached hydrogens (tertiary/aromatic N) is 2. The van der Waals surface area contributed by atoms with Crippen LogP contribution in [0.1, 0.15) is 22.4 Å². The van der Waals surface area contributed by atoms with Gasteiger partial charge in [0.2, 0.25) is 0 Å². The Morgan fingerprint density at radius 1 is 0.962 bits per heavy atom. The lowest BCUT2D eigenvalue weighted by Crippen LogP contribution is -2.30. The van der Waals surface area contributed by atoms with Crippen molar-refractivity contribution in [3.63, 3.8) is 0 Å². The van der Waals surface area contributed by atoms with Crippen LogP contribution in [0.5, 0.6) is 0 Å². The molecular formula is C22H17N3S. The van der Waals surface area contributed by atoms with Crippen LogP contribution in [0.15, 0.2) is 78.4 Å². The van der Waals surface area contributed by atoms with Crippen LogP contribution < -0.4 is 0 Å². The fourth-order valence-electron chi connectivity index (χ4n) is 3.79. The van der Waals surface area contributed by atoms with Gasteiger partial charge in [-0.1, -0.05) is 54.6 Å². The second-order valence-electron chi connectivity index (χ2n) is 6.53. The van der Waals surface area contributed by atoms with Crippen molar-refractivity contribution in [1.82, 2.24) is 15.2 Å². The van der Waals surface area contributed by atoms with Crippen LogP contribution in [-0.2, 0) is 11.8 Å². The van der Waals surface area contributed by atoms with Gasteiger partial charge in [0, 0.05) is 35.5 Å². The third-order valence-corrected chi connectivity index (χ3v) is 5.97. The maximum Gasteiger partial charge on any atom is 0.109 e. The zero-order valence-corrected chi connectivity index (χ0v) is 14.9. The lowest BCUT2D eigenvalue weighted by atomic mass is 9.69. The molecule has 3 aromatic heterocycles. The summed E-state index contributed by atoms with van der Waals surface area (Å²) in [6, 6.07) is 19.0. The highest BCUT2D eigenvalue weighted by Gasteiger charge is 2.36. The van der Waals surface area contributed by atoms with E-state index in [4.69, 9.17) is 0 Å². The highest BCUT2D eigenvalue weighted by atomic mass is 32.1. The fourth-order valence-corrected chi connectivity index (χ4v) is 4.52. The number of benzene rings is 1. The van der Waals surface area contributed by atoms with Gasteiger partial charge in [0.15, 0.2) is 0 Å². The van der Waals surface area contributed by atoms with Gasteiger partial charge in [-0.25, -0.2) is 0 Å².